The van der Waals surface area contributed by atoms with Gasteiger partial charge in [-0.3, -0.25) is 0 Å². The normalized spacial score (nSPS) is 15.0. The van der Waals surface area contributed by atoms with Crippen molar-refractivity contribution in [1.82, 2.24) is 0 Å². The molecule has 1 aliphatic rings. The van der Waals surface area contributed by atoms with Crippen LogP contribution in [0.25, 0.3) is 77.2 Å². The van der Waals surface area contributed by atoms with Crippen molar-refractivity contribution in [2.45, 2.75) is 18.8 Å². The van der Waals surface area contributed by atoms with E-state index in [2.05, 4.69) is 236 Å². The first kappa shape index (κ1) is 36.4. The molecular weight excluding hydrogens is 739 g/mol. The zero-order chi connectivity index (χ0) is 40.8. The molecule has 0 bridgehead atoms. The maximum absolute atomic E-state index is 6.60. The standard InChI is InChI=1S/C59H43NO/c1-59(53-31-17-30-51-49-27-12-14-33-56(49)61-58(51)53)38-36-46(37-39-59)60(55-35-34-45(41-18-5-2-6-19-41)40-52(55)43-22-9-4-10-23-43)54-32-13-11-26-48(54)50-29-16-25-44-24-15-28-47(57(44)50)42-20-7-3-8-21-42/h2-38,40H,39H2,1H3. The summed E-state index contributed by atoms with van der Waals surface area (Å²) in [6, 6.07) is 76.5. The number of para-hydroxylation sites is 3. The highest BCUT2D eigenvalue weighted by Crippen LogP contribution is 2.48. The summed E-state index contributed by atoms with van der Waals surface area (Å²) >= 11 is 0. The molecule has 0 radical (unpaired) electrons. The number of rotatable bonds is 8. The van der Waals surface area contributed by atoms with E-state index in [-0.39, 0.29) is 5.41 Å². The number of benzene rings is 9. The van der Waals surface area contributed by atoms with Gasteiger partial charge in [0.05, 0.1) is 11.4 Å². The molecule has 290 valence electrons. The van der Waals surface area contributed by atoms with Gasteiger partial charge in [0.25, 0.3) is 0 Å². The molecule has 1 unspecified atom stereocenters. The van der Waals surface area contributed by atoms with Crippen LogP contribution in [0.3, 0.4) is 0 Å². The molecule has 0 saturated carbocycles. The third-order valence-electron chi connectivity index (χ3n) is 12.5. The number of hydrogen-bond acceptors (Lipinski definition) is 2. The average molecular weight is 782 g/mol. The summed E-state index contributed by atoms with van der Waals surface area (Å²) < 4.78 is 6.60. The molecule has 11 rings (SSSR count). The lowest BCUT2D eigenvalue weighted by Gasteiger charge is -2.35. The number of fused-ring (bicyclic) bond motifs is 4. The first-order valence-electron chi connectivity index (χ1n) is 21.1. The van der Waals surface area contributed by atoms with E-state index in [1.54, 1.807) is 0 Å². The summed E-state index contributed by atoms with van der Waals surface area (Å²) in [4.78, 5) is 2.49. The van der Waals surface area contributed by atoms with Crippen molar-refractivity contribution in [3.63, 3.8) is 0 Å². The molecule has 0 spiro atoms. The van der Waals surface area contributed by atoms with Crippen LogP contribution in [0.5, 0.6) is 0 Å². The van der Waals surface area contributed by atoms with E-state index in [0.717, 1.165) is 62.1 Å². The summed E-state index contributed by atoms with van der Waals surface area (Å²) in [6.45, 7) is 2.34. The first-order valence-corrected chi connectivity index (χ1v) is 21.1. The Morgan fingerprint density at radius 2 is 1.05 bits per heavy atom. The Morgan fingerprint density at radius 3 is 1.79 bits per heavy atom. The zero-order valence-electron chi connectivity index (χ0n) is 34.0. The lowest BCUT2D eigenvalue weighted by atomic mass is 9.76. The monoisotopic (exact) mass is 781 g/mol. The Balaban J connectivity index is 1.13. The van der Waals surface area contributed by atoms with Gasteiger partial charge in [-0.25, -0.2) is 0 Å². The summed E-state index contributed by atoms with van der Waals surface area (Å²) in [5, 5.41) is 4.76. The van der Waals surface area contributed by atoms with Gasteiger partial charge >= 0.3 is 0 Å². The Hall–Kier alpha value is -7.68. The Morgan fingerprint density at radius 1 is 0.459 bits per heavy atom. The van der Waals surface area contributed by atoms with Gasteiger partial charge in [0.2, 0.25) is 0 Å². The molecule has 1 heterocycles. The maximum Gasteiger partial charge on any atom is 0.139 e. The molecule has 2 nitrogen and oxygen atoms in total. The molecule has 1 aromatic heterocycles. The Labute approximate surface area is 357 Å². The largest absolute Gasteiger partial charge is 0.456 e. The molecule has 0 fully saturated rings. The number of hydrogen-bond donors (Lipinski definition) is 0. The van der Waals surface area contributed by atoms with E-state index in [9.17, 15) is 0 Å². The van der Waals surface area contributed by atoms with E-state index in [4.69, 9.17) is 4.42 Å². The van der Waals surface area contributed by atoms with E-state index in [0.29, 0.717) is 0 Å². The Kier molecular flexibility index (Phi) is 9.05. The van der Waals surface area contributed by atoms with Crippen LogP contribution in [0.4, 0.5) is 11.4 Å². The second-order valence-corrected chi connectivity index (χ2v) is 16.3. The SMILES string of the molecule is CC1(c2cccc3c2oc2ccccc23)C=CC(N(c2ccc(-c3ccccc3)cc2-c2ccccc2)c2ccccc2-c2cccc3cccc(-c4ccccc4)c23)=CC1. The zero-order valence-corrected chi connectivity index (χ0v) is 34.0. The summed E-state index contributed by atoms with van der Waals surface area (Å²) in [7, 11) is 0. The number of furan rings is 1. The summed E-state index contributed by atoms with van der Waals surface area (Å²) in [5.41, 5.74) is 15.6. The number of nitrogens with zero attached hydrogens (tertiary/aromatic N) is 1. The number of anilines is 2. The third kappa shape index (κ3) is 6.45. The molecule has 0 amide bonds. The maximum atomic E-state index is 6.60. The lowest BCUT2D eigenvalue weighted by Crippen LogP contribution is -2.25. The van der Waals surface area contributed by atoms with Crippen LogP contribution in [0, 0.1) is 0 Å². The lowest BCUT2D eigenvalue weighted by molar-refractivity contribution is 0.577. The van der Waals surface area contributed by atoms with Crippen molar-refractivity contribution in [2.75, 3.05) is 4.90 Å². The minimum atomic E-state index is -0.290. The molecule has 0 saturated heterocycles. The van der Waals surface area contributed by atoms with Crippen molar-refractivity contribution < 1.29 is 4.42 Å². The van der Waals surface area contributed by atoms with Gasteiger partial charge in [-0.2, -0.15) is 0 Å². The molecular formula is C59H43NO. The minimum Gasteiger partial charge on any atom is -0.456 e. The quantitative estimate of drug-likeness (QED) is 0.153. The van der Waals surface area contributed by atoms with Gasteiger partial charge in [-0.05, 0) is 80.9 Å². The van der Waals surface area contributed by atoms with Crippen LogP contribution in [-0.4, -0.2) is 0 Å². The van der Waals surface area contributed by atoms with Crippen molar-refractivity contribution >= 4 is 44.1 Å². The fourth-order valence-electron chi connectivity index (χ4n) is 9.40. The van der Waals surface area contributed by atoms with Crippen LogP contribution in [0.1, 0.15) is 18.9 Å². The molecule has 2 heteroatoms. The minimum absolute atomic E-state index is 0.290. The fourth-order valence-corrected chi connectivity index (χ4v) is 9.40. The smallest absolute Gasteiger partial charge is 0.139 e. The van der Waals surface area contributed by atoms with E-state index < -0.39 is 0 Å². The van der Waals surface area contributed by atoms with Crippen molar-refractivity contribution in [1.29, 1.82) is 0 Å². The highest BCUT2D eigenvalue weighted by molar-refractivity contribution is 6.09. The predicted octanol–water partition coefficient (Wildman–Crippen LogP) is 16.3. The van der Waals surface area contributed by atoms with Gasteiger partial charge in [-0.15, -0.1) is 0 Å². The van der Waals surface area contributed by atoms with E-state index in [1.807, 2.05) is 6.07 Å². The topological polar surface area (TPSA) is 16.4 Å². The van der Waals surface area contributed by atoms with Crippen molar-refractivity contribution in [2.24, 2.45) is 0 Å². The third-order valence-corrected chi connectivity index (χ3v) is 12.5. The average Bonchev–Trinajstić information content (AvgIpc) is 3.72. The molecule has 1 atom stereocenters. The highest BCUT2D eigenvalue weighted by Gasteiger charge is 2.31. The Bertz CT molecular complexity index is 3280. The molecule has 61 heavy (non-hydrogen) atoms. The first-order chi connectivity index (χ1) is 30.1. The van der Waals surface area contributed by atoms with Gasteiger partial charge in [0.1, 0.15) is 11.2 Å². The van der Waals surface area contributed by atoms with Gasteiger partial charge < -0.3 is 9.32 Å². The molecule has 9 aromatic carbocycles. The second kappa shape index (κ2) is 15.2. The van der Waals surface area contributed by atoms with Crippen LogP contribution >= 0.6 is 0 Å². The predicted molar refractivity (Wildman–Crippen MR) is 257 cm³/mol. The molecule has 1 aliphatic carbocycles. The van der Waals surface area contributed by atoms with Crippen molar-refractivity contribution in [3.05, 3.63) is 242 Å². The van der Waals surface area contributed by atoms with Gasteiger partial charge in [-0.1, -0.05) is 207 Å². The molecule has 10 aromatic rings. The highest BCUT2D eigenvalue weighted by atomic mass is 16.3. The van der Waals surface area contributed by atoms with Crippen molar-refractivity contribution in [3.8, 4) is 44.5 Å². The van der Waals surface area contributed by atoms with E-state index in [1.165, 1.54) is 44.2 Å². The van der Waals surface area contributed by atoms with E-state index >= 15 is 0 Å². The van der Waals surface area contributed by atoms with Crippen LogP contribution in [0.2, 0.25) is 0 Å². The number of allylic oxidation sites excluding steroid dienone is 3. The van der Waals surface area contributed by atoms with Crippen LogP contribution in [0.15, 0.2) is 241 Å². The fraction of sp³-hybridized carbons (Fsp3) is 0.0508. The van der Waals surface area contributed by atoms with Crippen LogP contribution < -0.4 is 4.90 Å². The van der Waals surface area contributed by atoms with Gasteiger partial charge in [0, 0.05) is 38.6 Å². The summed E-state index contributed by atoms with van der Waals surface area (Å²) in [5.74, 6) is 0. The summed E-state index contributed by atoms with van der Waals surface area (Å²) in [6.07, 6.45) is 7.95. The van der Waals surface area contributed by atoms with Gasteiger partial charge in [0.15, 0.2) is 0 Å². The molecule has 0 N–H and O–H groups in total. The second-order valence-electron chi connectivity index (χ2n) is 16.3. The van der Waals surface area contributed by atoms with Crippen LogP contribution in [-0.2, 0) is 5.41 Å². The molecule has 0 aliphatic heterocycles.